The van der Waals surface area contributed by atoms with Gasteiger partial charge in [-0.25, -0.2) is 15.0 Å². The predicted octanol–water partition coefficient (Wildman–Crippen LogP) is 4.71. The first-order valence-corrected chi connectivity index (χ1v) is 15.8. The van der Waals surface area contributed by atoms with Gasteiger partial charge in [0.15, 0.2) is 0 Å². The highest BCUT2D eigenvalue weighted by Crippen LogP contribution is 2.38. The molecule has 0 aromatic carbocycles. The molecule has 2 aliphatic rings. The second-order valence-electron chi connectivity index (χ2n) is 10.5. The number of pyridine rings is 1. The summed E-state index contributed by atoms with van der Waals surface area (Å²) in [5, 5.41) is 4.97. The van der Waals surface area contributed by atoms with Crippen molar-refractivity contribution < 1.29 is 4.74 Å². The monoisotopic (exact) mass is 466 g/mol. The number of fused-ring (bicyclic) bond motifs is 1. The lowest BCUT2D eigenvalue weighted by Crippen LogP contribution is -2.50. The van der Waals surface area contributed by atoms with Crippen LogP contribution in [0.1, 0.15) is 25.7 Å². The molecule has 0 aliphatic carbocycles. The summed E-state index contributed by atoms with van der Waals surface area (Å²) in [7, 11) is 0.961. The van der Waals surface area contributed by atoms with E-state index in [1.165, 1.54) is 42.8 Å². The molecule has 5 heterocycles. The smallest absolute Gasteiger partial charge is 0.139 e. The maximum absolute atomic E-state index is 4.95. The van der Waals surface area contributed by atoms with E-state index in [2.05, 4.69) is 55.9 Å². The van der Waals surface area contributed by atoms with Crippen LogP contribution >= 0.6 is 0 Å². The van der Waals surface area contributed by atoms with Crippen molar-refractivity contribution in [3.05, 3.63) is 37.2 Å². The van der Waals surface area contributed by atoms with Gasteiger partial charge in [0.1, 0.15) is 12.0 Å². The van der Waals surface area contributed by atoms with E-state index in [0.29, 0.717) is 5.54 Å². The molecule has 0 bridgehead atoms. The van der Waals surface area contributed by atoms with Crippen LogP contribution in [0.25, 0.3) is 22.2 Å². The zero-order chi connectivity index (χ0) is 23.3. The van der Waals surface area contributed by atoms with Crippen molar-refractivity contribution in [2.24, 2.45) is 0 Å². The van der Waals surface area contributed by atoms with Crippen molar-refractivity contribution in [2.75, 3.05) is 38.3 Å². The summed E-state index contributed by atoms with van der Waals surface area (Å²) in [5.41, 5.74) is 4.62. The summed E-state index contributed by atoms with van der Waals surface area (Å²) in [6, 6.07) is 3.43. The van der Waals surface area contributed by atoms with E-state index >= 15 is 0 Å². The zero-order valence-corrected chi connectivity index (χ0v) is 21.5. The van der Waals surface area contributed by atoms with Gasteiger partial charge in [-0.2, -0.15) is 0 Å². The van der Waals surface area contributed by atoms with Crippen LogP contribution in [0.15, 0.2) is 37.2 Å². The molecule has 2 aliphatic heterocycles. The molecule has 2 fully saturated rings. The van der Waals surface area contributed by atoms with Gasteiger partial charge >= 0.3 is 0 Å². The topological polar surface area (TPSA) is 79.0 Å². The number of nitrogens with one attached hydrogen (secondary N) is 2. The number of aromatic nitrogens is 4. The van der Waals surface area contributed by atoms with Gasteiger partial charge in [-0.3, -0.25) is 0 Å². The third-order valence-electron chi connectivity index (χ3n) is 6.76. The molecule has 3 aromatic heterocycles. The molecule has 0 radical (unpaired) electrons. The van der Waals surface area contributed by atoms with Gasteiger partial charge < -0.3 is 19.9 Å². The highest BCUT2D eigenvalue weighted by molar-refractivity contribution is 6.76. The molecule has 1 unspecified atom stereocenters. The summed E-state index contributed by atoms with van der Waals surface area (Å²) in [4.78, 5) is 18.7. The number of aromatic amines is 1. The standard InChI is InChI=1S/C19H22N6.C6H16OSi/c1-2-6-24-19(4-1)5-8-25(12-19)16-3-7-22-18-17(16)15(11-23-18)14-9-20-13-21-10-14;1-7-5-6-8(2,3)4/h3,7,9-11,13,24H,1-2,4-6,8,12H2,(H,22,23);5-6H2,1-4H3. The number of H-pyrrole nitrogens is 1. The Hall–Kier alpha value is -2.29. The van der Waals surface area contributed by atoms with E-state index in [1.807, 2.05) is 24.8 Å². The van der Waals surface area contributed by atoms with Crippen LogP contribution in [0, 0.1) is 0 Å². The predicted molar refractivity (Wildman–Crippen MR) is 139 cm³/mol. The Morgan fingerprint density at radius 3 is 2.64 bits per heavy atom. The zero-order valence-electron chi connectivity index (χ0n) is 20.5. The fraction of sp³-hybridized carbons (Fsp3) is 0.560. The Balaban J connectivity index is 0.000000281. The van der Waals surface area contributed by atoms with Crippen LogP contribution in [0.3, 0.4) is 0 Å². The van der Waals surface area contributed by atoms with Crippen LogP contribution < -0.4 is 10.2 Å². The van der Waals surface area contributed by atoms with Crippen molar-refractivity contribution in [3.8, 4) is 11.1 Å². The average molecular weight is 467 g/mol. The number of anilines is 1. The molecular weight excluding hydrogens is 428 g/mol. The second-order valence-corrected chi connectivity index (χ2v) is 16.1. The van der Waals surface area contributed by atoms with E-state index in [9.17, 15) is 0 Å². The molecular formula is C25H38N6OSi. The average Bonchev–Trinajstić information content (AvgIpc) is 3.43. The molecule has 0 saturated carbocycles. The molecule has 0 amide bonds. The Kier molecular flexibility index (Phi) is 7.46. The summed E-state index contributed by atoms with van der Waals surface area (Å²) in [6.07, 6.45) is 14.3. The molecule has 7 nitrogen and oxygen atoms in total. The highest BCUT2D eigenvalue weighted by atomic mass is 28.3. The van der Waals surface area contributed by atoms with E-state index < -0.39 is 8.07 Å². The first kappa shape index (κ1) is 23.9. The van der Waals surface area contributed by atoms with Crippen molar-refractivity contribution >= 4 is 24.8 Å². The first-order valence-electron chi connectivity index (χ1n) is 12.1. The van der Waals surface area contributed by atoms with E-state index in [4.69, 9.17) is 4.74 Å². The third-order valence-corrected chi connectivity index (χ3v) is 8.46. The molecule has 1 atom stereocenters. The minimum atomic E-state index is -0.803. The van der Waals surface area contributed by atoms with Gasteiger partial charge in [-0.15, -0.1) is 0 Å². The van der Waals surface area contributed by atoms with Crippen molar-refractivity contribution in [1.29, 1.82) is 0 Å². The Bertz CT molecular complexity index is 1030. The number of ether oxygens (including phenoxy) is 1. The summed E-state index contributed by atoms with van der Waals surface area (Å²) in [6.45, 7) is 11.3. The minimum Gasteiger partial charge on any atom is -0.385 e. The number of methoxy groups -OCH3 is 1. The highest BCUT2D eigenvalue weighted by Gasteiger charge is 2.39. The lowest BCUT2D eigenvalue weighted by atomic mass is 9.88. The number of rotatable bonds is 5. The largest absolute Gasteiger partial charge is 0.385 e. The van der Waals surface area contributed by atoms with E-state index in [-0.39, 0.29) is 0 Å². The lowest BCUT2D eigenvalue weighted by molar-refractivity contribution is 0.214. The van der Waals surface area contributed by atoms with Crippen molar-refractivity contribution in [2.45, 2.75) is 56.9 Å². The second kappa shape index (κ2) is 10.3. The van der Waals surface area contributed by atoms with E-state index in [0.717, 1.165) is 43.0 Å². The molecule has 2 N–H and O–H groups in total. The van der Waals surface area contributed by atoms with Gasteiger partial charge in [0.05, 0.1) is 5.39 Å². The third kappa shape index (κ3) is 5.80. The van der Waals surface area contributed by atoms with Gasteiger partial charge in [-0.1, -0.05) is 26.1 Å². The number of nitrogens with zero attached hydrogens (tertiary/aromatic N) is 4. The normalized spacial score (nSPS) is 20.8. The van der Waals surface area contributed by atoms with Gasteiger partial charge in [-0.05, 0) is 37.9 Å². The van der Waals surface area contributed by atoms with Crippen LogP contribution in [-0.2, 0) is 4.74 Å². The molecule has 3 aromatic rings. The first-order chi connectivity index (χ1) is 15.9. The van der Waals surface area contributed by atoms with Crippen LogP contribution in [0.2, 0.25) is 25.7 Å². The Morgan fingerprint density at radius 1 is 1.15 bits per heavy atom. The molecule has 1 spiro atoms. The van der Waals surface area contributed by atoms with Gasteiger partial charge in [0.2, 0.25) is 0 Å². The van der Waals surface area contributed by atoms with Crippen LogP contribution in [-0.4, -0.2) is 66.9 Å². The van der Waals surface area contributed by atoms with Crippen LogP contribution in [0.4, 0.5) is 5.69 Å². The maximum atomic E-state index is 4.95. The molecule has 5 rings (SSSR count). The maximum Gasteiger partial charge on any atom is 0.139 e. The van der Waals surface area contributed by atoms with Crippen molar-refractivity contribution in [1.82, 2.24) is 25.3 Å². The SMILES string of the molecule is COCC[Si](C)(C)C.c1ncc(-c2c[nH]c3nccc(N4CCC5(CCCCN5)C4)c23)cn1. The molecule has 8 heteroatoms. The lowest BCUT2D eigenvalue weighted by Gasteiger charge is -2.35. The van der Waals surface area contributed by atoms with Crippen LogP contribution in [0.5, 0.6) is 0 Å². The number of hydrogen-bond donors (Lipinski definition) is 2. The molecule has 33 heavy (non-hydrogen) atoms. The molecule has 2 saturated heterocycles. The quantitative estimate of drug-likeness (QED) is 0.530. The Labute approximate surface area is 198 Å². The summed E-state index contributed by atoms with van der Waals surface area (Å²) < 4.78 is 4.95. The van der Waals surface area contributed by atoms with Gasteiger partial charge in [0, 0.05) is 82.0 Å². The molecule has 178 valence electrons. The summed E-state index contributed by atoms with van der Waals surface area (Å²) in [5.74, 6) is 0. The fourth-order valence-electron chi connectivity index (χ4n) is 4.83. The number of piperidine rings is 1. The number of hydrogen-bond acceptors (Lipinski definition) is 6. The minimum absolute atomic E-state index is 0.292. The van der Waals surface area contributed by atoms with E-state index in [1.54, 1.807) is 13.4 Å². The van der Waals surface area contributed by atoms with Crippen molar-refractivity contribution in [3.63, 3.8) is 0 Å². The van der Waals surface area contributed by atoms with Gasteiger partial charge in [0.25, 0.3) is 0 Å². The fourth-order valence-corrected chi connectivity index (χ4v) is 5.65. The Morgan fingerprint density at radius 2 is 1.97 bits per heavy atom. The summed E-state index contributed by atoms with van der Waals surface area (Å²) >= 11 is 0.